The molecule has 1 aromatic carbocycles. The van der Waals surface area contributed by atoms with Crippen LogP contribution in [0.2, 0.25) is 0 Å². The molecule has 0 aromatic heterocycles. The zero-order valence-electron chi connectivity index (χ0n) is 11.8. The number of benzene rings is 1. The van der Waals surface area contributed by atoms with E-state index in [2.05, 4.69) is 5.32 Å². The van der Waals surface area contributed by atoms with Crippen molar-refractivity contribution in [3.05, 3.63) is 36.0 Å². The highest BCUT2D eigenvalue weighted by atomic mass is 32.2. The van der Waals surface area contributed by atoms with Gasteiger partial charge >= 0.3 is 0 Å². The Kier molecular flexibility index (Phi) is 5.67. The molecule has 0 unspecified atom stereocenters. The molecular weight excluding hydrogens is 286 g/mol. The standard InChI is InChI=1S/C15H17N3O2S/c1-21-14-4-2-3-13(9-14)17-11-12(10-16)15(19)18-5-7-20-8-6-18/h2-4,9,11,17H,5-8H2,1H3/b12-11-. The molecule has 110 valence electrons. The fourth-order valence-electron chi connectivity index (χ4n) is 1.95. The van der Waals surface area contributed by atoms with Gasteiger partial charge in [0.1, 0.15) is 11.6 Å². The van der Waals surface area contributed by atoms with Crippen LogP contribution in [0.5, 0.6) is 0 Å². The van der Waals surface area contributed by atoms with Crippen LogP contribution in [0.15, 0.2) is 40.9 Å². The number of nitrogens with one attached hydrogen (secondary N) is 1. The van der Waals surface area contributed by atoms with Gasteiger partial charge in [-0.15, -0.1) is 11.8 Å². The fourth-order valence-corrected chi connectivity index (χ4v) is 2.41. The van der Waals surface area contributed by atoms with Gasteiger partial charge in [-0.1, -0.05) is 6.07 Å². The maximum absolute atomic E-state index is 12.2. The molecule has 0 spiro atoms. The number of nitriles is 1. The number of carbonyl (C=O) groups excluding carboxylic acids is 1. The molecule has 1 heterocycles. The van der Waals surface area contributed by atoms with E-state index >= 15 is 0 Å². The number of rotatable bonds is 4. The number of amides is 1. The van der Waals surface area contributed by atoms with Gasteiger partial charge in [0.25, 0.3) is 5.91 Å². The number of carbonyl (C=O) groups is 1. The quantitative estimate of drug-likeness (QED) is 0.524. The van der Waals surface area contributed by atoms with Crippen molar-refractivity contribution in [2.75, 3.05) is 37.9 Å². The highest BCUT2D eigenvalue weighted by Crippen LogP contribution is 2.19. The second kappa shape index (κ2) is 7.72. The lowest BCUT2D eigenvalue weighted by molar-refractivity contribution is -0.130. The van der Waals surface area contributed by atoms with Crippen LogP contribution in [0, 0.1) is 11.3 Å². The number of anilines is 1. The SMILES string of the molecule is CSc1cccc(N/C=C(/C#N)C(=O)N2CCOCC2)c1. The summed E-state index contributed by atoms with van der Waals surface area (Å²) in [5.74, 6) is -0.255. The van der Waals surface area contributed by atoms with Crippen molar-refractivity contribution in [3.8, 4) is 6.07 Å². The van der Waals surface area contributed by atoms with E-state index in [1.165, 1.54) is 6.20 Å². The molecule has 0 bridgehead atoms. The fraction of sp³-hybridized carbons (Fsp3) is 0.333. The summed E-state index contributed by atoms with van der Waals surface area (Å²) in [7, 11) is 0. The van der Waals surface area contributed by atoms with Crippen molar-refractivity contribution in [1.82, 2.24) is 4.90 Å². The second-order valence-electron chi connectivity index (χ2n) is 4.45. The average molecular weight is 303 g/mol. The number of thioether (sulfide) groups is 1. The minimum absolute atomic E-state index is 0.103. The minimum Gasteiger partial charge on any atom is -0.378 e. The highest BCUT2D eigenvalue weighted by Gasteiger charge is 2.20. The van der Waals surface area contributed by atoms with Gasteiger partial charge in [0, 0.05) is 29.9 Å². The first-order valence-electron chi connectivity index (χ1n) is 6.62. The molecule has 0 radical (unpaired) electrons. The summed E-state index contributed by atoms with van der Waals surface area (Å²) in [6.45, 7) is 2.10. The van der Waals surface area contributed by atoms with Gasteiger partial charge in [-0.05, 0) is 24.5 Å². The van der Waals surface area contributed by atoms with E-state index < -0.39 is 0 Å². The van der Waals surface area contributed by atoms with Gasteiger partial charge in [0.15, 0.2) is 0 Å². The number of morpholine rings is 1. The second-order valence-corrected chi connectivity index (χ2v) is 5.33. The van der Waals surface area contributed by atoms with Crippen LogP contribution in [0.1, 0.15) is 0 Å². The molecule has 5 nitrogen and oxygen atoms in total. The van der Waals surface area contributed by atoms with Crippen molar-refractivity contribution in [2.45, 2.75) is 4.90 Å². The highest BCUT2D eigenvalue weighted by molar-refractivity contribution is 7.98. The Bertz CT molecular complexity index is 575. The van der Waals surface area contributed by atoms with Crippen molar-refractivity contribution < 1.29 is 9.53 Å². The van der Waals surface area contributed by atoms with Crippen LogP contribution in [0.4, 0.5) is 5.69 Å². The zero-order chi connectivity index (χ0) is 15.1. The Labute approximate surface area is 128 Å². The van der Waals surface area contributed by atoms with Crippen LogP contribution in [-0.4, -0.2) is 43.4 Å². The topological polar surface area (TPSA) is 65.4 Å². The number of hydrogen-bond donors (Lipinski definition) is 1. The van der Waals surface area contributed by atoms with E-state index in [0.717, 1.165) is 10.6 Å². The van der Waals surface area contributed by atoms with Crippen LogP contribution < -0.4 is 5.32 Å². The third-order valence-corrected chi connectivity index (χ3v) is 3.83. The van der Waals surface area contributed by atoms with E-state index in [1.807, 2.05) is 36.6 Å². The van der Waals surface area contributed by atoms with E-state index in [4.69, 9.17) is 10.00 Å². The monoisotopic (exact) mass is 303 g/mol. The first-order valence-corrected chi connectivity index (χ1v) is 7.85. The first kappa shape index (κ1) is 15.4. The molecule has 21 heavy (non-hydrogen) atoms. The Balaban J connectivity index is 2.05. The van der Waals surface area contributed by atoms with Gasteiger partial charge in [-0.25, -0.2) is 0 Å². The van der Waals surface area contributed by atoms with Gasteiger partial charge in [-0.3, -0.25) is 4.79 Å². The third kappa shape index (κ3) is 4.25. The van der Waals surface area contributed by atoms with E-state index in [0.29, 0.717) is 26.3 Å². The molecule has 1 fully saturated rings. The van der Waals surface area contributed by atoms with Crippen LogP contribution >= 0.6 is 11.8 Å². The Morgan fingerprint density at radius 1 is 1.48 bits per heavy atom. The average Bonchev–Trinajstić information content (AvgIpc) is 2.56. The normalized spacial score (nSPS) is 15.4. The van der Waals surface area contributed by atoms with Crippen LogP contribution in [0.25, 0.3) is 0 Å². The van der Waals surface area contributed by atoms with Crippen molar-refractivity contribution in [1.29, 1.82) is 5.26 Å². The first-order chi connectivity index (χ1) is 10.2. The smallest absolute Gasteiger partial charge is 0.266 e. The number of hydrogen-bond acceptors (Lipinski definition) is 5. The van der Waals surface area contributed by atoms with Crippen LogP contribution in [0.3, 0.4) is 0 Å². The molecule has 0 aliphatic carbocycles. The molecule has 2 rings (SSSR count). The number of ether oxygens (including phenoxy) is 1. The molecular formula is C15H17N3O2S. The molecule has 1 N–H and O–H groups in total. The molecule has 6 heteroatoms. The summed E-state index contributed by atoms with van der Waals surface area (Å²) in [5.41, 5.74) is 0.954. The summed E-state index contributed by atoms with van der Waals surface area (Å²) in [5, 5.41) is 12.2. The predicted octanol–water partition coefficient (Wildman–Crippen LogP) is 2.09. The van der Waals surface area contributed by atoms with Crippen LogP contribution in [-0.2, 0) is 9.53 Å². The number of nitrogens with zero attached hydrogens (tertiary/aromatic N) is 2. The van der Waals surface area contributed by atoms with E-state index in [1.54, 1.807) is 16.7 Å². The Morgan fingerprint density at radius 2 is 2.24 bits per heavy atom. The summed E-state index contributed by atoms with van der Waals surface area (Å²) < 4.78 is 5.20. The summed E-state index contributed by atoms with van der Waals surface area (Å²) in [6.07, 6.45) is 3.47. The maximum atomic E-state index is 12.2. The molecule has 1 amide bonds. The van der Waals surface area contributed by atoms with Gasteiger partial charge < -0.3 is 15.0 Å². The molecule has 1 aliphatic heterocycles. The minimum atomic E-state index is -0.255. The lowest BCUT2D eigenvalue weighted by Crippen LogP contribution is -2.41. The largest absolute Gasteiger partial charge is 0.378 e. The van der Waals surface area contributed by atoms with E-state index in [9.17, 15) is 4.79 Å². The van der Waals surface area contributed by atoms with Gasteiger partial charge in [0.2, 0.25) is 0 Å². The van der Waals surface area contributed by atoms with Gasteiger partial charge in [0.05, 0.1) is 13.2 Å². The third-order valence-electron chi connectivity index (χ3n) is 3.10. The van der Waals surface area contributed by atoms with Crippen molar-refractivity contribution in [3.63, 3.8) is 0 Å². The summed E-state index contributed by atoms with van der Waals surface area (Å²) in [6, 6.07) is 9.75. The van der Waals surface area contributed by atoms with Gasteiger partial charge in [-0.2, -0.15) is 5.26 Å². The molecule has 1 aliphatic rings. The summed E-state index contributed by atoms with van der Waals surface area (Å²) in [4.78, 5) is 15.0. The summed E-state index contributed by atoms with van der Waals surface area (Å²) >= 11 is 1.64. The molecule has 0 atom stereocenters. The lowest BCUT2D eigenvalue weighted by atomic mass is 10.2. The van der Waals surface area contributed by atoms with Crippen molar-refractivity contribution in [2.24, 2.45) is 0 Å². The maximum Gasteiger partial charge on any atom is 0.266 e. The molecule has 1 aromatic rings. The molecule has 1 saturated heterocycles. The Hall–Kier alpha value is -1.97. The van der Waals surface area contributed by atoms with Crippen molar-refractivity contribution >= 4 is 23.4 Å². The zero-order valence-corrected chi connectivity index (χ0v) is 12.7. The predicted molar refractivity (Wildman–Crippen MR) is 82.9 cm³/mol. The Morgan fingerprint density at radius 3 is 2.90 bits per heavy atom. The van der Waals surface area contributed by atoms with E-state index in [-0.39, 0.29) is 11.5 Å². The lowest BCUT2D eigenvalue weighted by Gasteiger charge is -2.26. The molecule has 0 saturated carbocycles.